The summed E-state index contributed by atoms with van der Waals surface area (Å²) in [5.74, 6) is 0.779. The molecular weight excluding hydrogens is 408 g/mol. The molecule has 2 heterocycles. The fourth-order valence-corrected chi connectivity index (χ4v) is 4.62. The third kappa shape index (κ3) is 3.08. The molecule has 7 nitrogen and oxygen atoms in total. The molecule has 0 aliphatic carbocycles. The van der Waals surface area contributed by atoms with Gasteiger partial charge in [-0.1, -0.05) is 24.3 Å². The fourth-order valence-electron chi connectivity index (χ4n) is 4.62. The van der Waals surface area contributed by atoms with Gasteiger partial charge in [0, 0.05) is 31.3 Å². The Morgan fingerprint density at radius 3 is 2.50 bits per heavy atom. The number of carbonyl (C=O) groups is 2. The zero-order valence-corrected chi connectivity index (χ0v) is 18.0. The predicted molar refractivity (Wildman–Crippen MR) is 119 cm³/mol. The summed E-state index contributed by atoms with van der Waals surface area (Å²) in [7, 11) is 3.11. The first kappa shape index (κ1) is 20.3. The fraction of sp³-hybridized carbons (Fsp3) is 0.280. The van der Waals surface area contributed by atoms with Gasteiger partial charge < -0.3 is 19.5 Å². The topological polar surface area (TPSA) is 77.1 Å². The van der Waals surface area contributed by atoms with Gasteiger partial charge in [0.2, 0.25) is 0 Å². The van der Waals surface area contributed by atoms with Crippen LogP contribution in [0.3, 0.4) is 0 Å². The molecule has 0 bridgehead atoms. The van der Waals surface area contributed by atoms with Crippen LogP contribution < -0.4 is 19.5 Å². The normalized spacial score (nSPS) is 17.1. The molecule has 32 heavy (non-hydrogen) atoms. The molecule has 0 saturated carbocycles. The van der Waals surface area contributed by atoms with E-state index in [9.17, 15) is 9.59 Å². The molecular formula is C25H24N2O5. The quantitative estimate of drug-likeness (QED) is 0.637. The number of hydrogen-bond acceptors (Lipinski definition) is 6. The molecule has 7 heteroatoms. The lowest BCUT2D eigenvalue weighted by Gasteiger charge is -2.47. The molecule has 2 amide bonds. The Morgan fingerprint density at radius 2 is 1.75 bits per heavy atom. The van der Waals surface area contributed by atoms with Crippen molar-refractivity contribution in [3.8, 4) is 17.2 Å². The van der Waals surface area contributed by atoms with Crippen LogP contribution in [-0.2, 0) is 0 Å². The molecule has 3 aromatic rings. The highest BCUT2D eigenvalue weighted by molar-refractivity contribution is 6.14. The van der Waals surface area contributed by atoms with E-state index in [2.05, 4.69) is 5.32 Å². The van der Waals surface area contributed by atoms with Crippen LogP contribution in [0.4, 0.5) is 0 Å². The van der Waals surface area contributed by atoms with Crippen molar-refractivity contribution in [1.82, 2.24) is 10.2 Å². The number of benzene rings is 3. The number of fused-ring (bicyclic) bond motifs is 2. The first-order valence-corrected chi connectivity index (χ1v) is 10.6. The van der Waals surface area contributed by atoms with E-state index in [1.54, 1.807) is 37.4 Å². The minimum atomic E-state index is -1.04. The Hall–Kier alpha value is -3.58. The maximum absolute atomic E-state index is 14.0. The minimum absolute atomic E-state index is 0.308. The number of hydrogen-bond donors (Lipinski definition) is 1. The molecule has 5 rings (SSSR count). The third-order valence-corrected chi connectivity index (χ3v) is 6.23. The molecule has 0 aromatic heterocycles. The van der Waals surface area contributed by atoms with Crippen molar-refractivity contribution < 1.29 is 23.8 Å². The average molecular weight is 432 g/mol. The van der Waals surface area contributed by atoms with Gasteiger partial charge in [-0.15, -0.1) is 0 Å². The van der Waals surface area contributed by atoms with Crippen molar-refractivity contribution in [2.24, 2.45) is 0 Å². The van der Waals surface area contributed by atoms with Crippen LogP contribution in [-0.4, -0.2) is 49.7 Å². The van der Waals surface area contributed by atoms with Crippen LogP contribution in [0, 0.1) is 0 Å². The maximum Gasteiger partial charge on any atom is 0.267 e. The number of rotatable bonds is 3. The monoisotopic (exact) mass is 432 g/mol. The van der Waals surface area contributed by atoms with Crippen molar-refractivity contribution >= 4 is 22.6 Å². The average Bonchev–Trinajstić information content (AvgIpc) is 2.83. The second-order valence-electron chi connectivity index (χ2n) is 7.97. The summed E-state index contributed by atoms with van der Waals surface area (Å²) in [5, 5.41) is 4.93. The molecule has 0 atom stereocenters. The van der Waals surface area contributed by atoms with Gasteiger partial charge in [-0.3, -0.25) is 9.59 Å². The predicted octanol–water partition coefficient (Wildman–Crippen LogP) is 3.61. The summed E-state index contributed by atoms with van der Waals surface area (Å²) in [4.78, 5) is 28.9. The van der Waals surface area contributed by atoms with Gasteiger partial charge in [-0.2, -0.15) is 0 Å². The van der Waals surface area contributed by atoms with Crippen molar-refractivity contribution in [1.29, 1.82) is 0 Å². The van der Waals surface area contributed by atoms with Gasteiger partial charge in [-0.25, -0.2) is 4.90 Å². The number of amides is 2. The molecule has 0 radical (unpaired) electrons. The number of nitrogens with zero attached hydrogens (tertiary/aromatic N) is 1. The Kier molecular flexibility index (Phi) is 4.98. The summed E-state index contributed by atoms with van der Waals surface area (Å²) in [6.07, 6.45) is 1.01. The highest BCUT2D eigenvalue weighted by atomic mass is 16.5. The van der Waals surface area contributed by atoms with Crippen LogP contribution in [0.25, 0.3) is 10.8 Å². The zero-order chi connectivity index (χ0) is 22.3. The summed E-state index contributed by atoms with van der Waals surface area (Å²) >= 11 is 0. The Morgan fingerprint density at radius 1 is 1.00 bits per heavy atom. The van der Waals surface area contributed by atoms with E-state index >= 15 is 0 Å². The number of piperidine rings is 1. The largest absolute Gasteiger partial charge is 0.496 e. The van der Waals surface area contributed by atoms with Crippen molar-refractivity contribution in [2.45, 2.75) is 18.6 Å². The van der Waals surface area contributed by atoms with E-state index in [1.807, 2.05) is 24.3 Å². The Labute approximate surface area is 185 Å². The van der Waals surface area contributed by atoms with Crippen LogP contribution in [0.1, 0.15) is 33.6 Å². The minimum Gasteiger partial charge on any atom is -0.496 e. The third-order valence-electron chi connectivity index (χ3n) is 6.23. The van der Waals surface area contributed by atoms with Gasteiger partial charge in [0.05, 0.1) is 25.3 Å². The number of imide groups is 1. The lowest BCUT2D eigenvalue weighted by molar-refractivity contribution is -0.0776. The summed E-state index contributed by atoms with van der Waals surface area (Å²) in [5.41, 5.74) is -0.351. The number of para-hydroxylation sites is 1. The number of nitrogens with one attached hydrogen (secondary N) is 1. The molecule has 164 valence electrons. The summed E-state index contributed by atoms with van der Waals surface area (Å²) < 4.78 is 17.4. The van der Waals surface area contributed by atoms with Gasteiger partial charge in [0.15, 0.2) is 5.72 Å². The lowest BCUT2D eigenvalue weighted by atomic mass is 9.93. The molecule has 3 aromatic carbocycles. The number of carbonyl (C=O) groups excluding carboxylic acids is 2. The van der Waals surface area contributed by atoms with Crippen LogP contribution in [0.2, 0.25) is 0 Å². The van der Waals surface area contributed by atoms with Crippen molar-refractivity contribution in [2.75, 3.05) is 27.3 Å². The highest BCUT2D eigenvalue weighted by Gasteiger charge is 2.51. The maximum atomic E-state index is 14.0. The van der Waals surface area contributed by atoms with Gasteiger partial charge >= 0.3 is 0 Å². The number of ether oxygens (including phenoxy) is 3. The summed E-state index contributed by atoms with van der Waals surface area (Å²) in [6, 6.07) is 16.2. The molecule has 1 spiro atoms. The van der Waals surface area contributed by atoms with E-state index in [-0.39, 0.29) is 5.91 Å². The first-order valence-electron chi connectivity index (χ1n) is 10.6. The van der Waals surface area contributed by atoms with Crippen molar-refractivity contribution in [3.05, 3.63) is 65.7 Å². The molecule has 2 aliphatic heterocycles. The molecule has 0 unspecified atom stereocenters. The van der Waals surface area contributed by atoms with E-state index in [0.29, 0.717) is 54.3 Å². The van der Waals surface area contributed by atoms with Crippen LogP contribution >= 0.6 is 0 Å². The van der Waals surface area contributed by atoms with E-state index in [1.165, 1.54) is 12.0 Å². The van der Waals surface area contributed by atoms with Gasteiger partial charge in [0.1, 0.15) is 17.2 Å². The standard InChI is InChI=1S/C25H24N2O5/c1-30-20-9-5-6-16-14-19(22(31-2)15-18(16)20)24(29)27-23(28)17-7-3-4-8-21(17)32-25(27)10-12-26-13-11-25/h3-9,14-15,26H,10-13H2,1-2H3. The lowest BCUT2D eigenvalue weighted by Crippen LogP contribution is -2.64. The molecule has 1 saturated heterocycles. The Bertz CT molecular complexity index is 1220. The van der Waals surface area contributed by atoms with Gasteiger partial charge in [-0.05, 0) is 35.7 Å². The SMILES string of the molecule is COc1cc2c(OC)cccc2cc1C(=O)N1C(=O)c2ccccc2OC12CCNCC2. The van der Waals surface area contributed by atoms with E-state index < -0.39 is 11.6 Å². The van der Waals surface area contributed by atoms with Gasteiger partial charge in [0.25, 0.3) is 11.8 Å². The Balaban J connectivity index is 1.66. The van der Waals surface area contributed by atoms with Crippen LogP contribution in [0.5, 0.6) is 17.2 Å². The zero-order valence-electron chi connectivity index (χ0n) is 18.0. The summed E-state index contributed by atoms with van der Waals surface area (Å²) in [6.45, 7) is 1.29. The van der Waals surface area contributed by atoms with Crippen molar-refractivity contribution in [3.63, 3.8) is 0 Å². The second-order valence-corrected chi connectivity index (χ2v) is 7.97. The smallest absolute Gasteiger partial charge is 0.267 e. The second kappa shape index (κ2) is 7.84. The molecule has 1 N–H and O–H groups in total. The van der Waals surface area contributed by atoms with Crippen LogP contribution in [0.15, 0.2) is 54.6 Å². The first-order chi connectivity index (χ1) is 15.6. The number of methoxy groups -OCH3 is 2. The molecule has 2 aliphatic rings. The molecule has 1 fully saturated rings. The highest BCUT2D eigenvalue weighted by Crippen LogP contribution is 2.41. The van der Waals surface area contributed by atoms with E-state index in [0.717, 1.165) is 10.8 Å². The van der Waals surface area contributed by atoms with E-state index in [4.69, 9.17) is 14.2 Å².